The number of sulfone groups is 1. The van der Waals surface area contributed by atoms with Gasteiger partial charge >= 0.3 is 0 Å². The minimum Gasteiger partial charge on any atom is -0.317 e. The molecule has 1 aromatic heterocycles. The molecule has 1 aromatic carbocycles. The predicted octanol–water partition coefficient (Wildman–Crippen LogP) is 1.73. The highest BCUT2D eigenvalue weighted by Gasteiger charge is 2.18. The van der Waals surface area contributed by atoms with E-state index in [-0.39, 0.29) is 0 Å². The first kappa shape index (κ1) is 18.0. The van der Waals surface area contributed by atoms with Crippen molar-refractivity contribution in [2.75, 3.05) is 26.4 Å². The van der Waals surface area contributed by atoms with Crippen LogP contribution in [0.15, 0.2) is 41.6 Å². The van der Waals surface area contributed by atoms with Gasteiger partial charge in [-0.3, -0.25) is 14.9 Å². The number of hydrogen-bond acceptors (Lipinski definition) is 6. The first-order valence-electron chi connectivity index (χ1n) is 8.46. The summed E-state index contributed by atoms with van der Waals surface area (Å²) in [6.07, 6.45) is 7.08. The molecule has 7 heteroatoms. The second kappa shape index (κ2) is 7.59. The number of aromatic nitrogens is 2. The summed E-state index contributed by atoms with van der Waals surface area (Å²) in [7, 11) is -1.04. The molecule has 0 saturated carbocycles. The second-order valence-electron chi connectivity index (χ2n) is 6.59. The SMILES string of the molecule is CN(Cc1cnc(-c2ccc(S(C)(=O)=O)cc2)cn1)C1CCNCC1. The van der Waals surface area contributed by atoms with Crippen LogP contribution in [0, 0.1) is 0 Å². The van der Waals surface area contributed by atoms with E-state index in [1.54, 1.807) is 36.7 Å². The molecule has 3 rings (SSSR count). The van der Waals surface area contributed by atoms with Crippen molar-refractivity contribution in [2.45, 2.75) is 30.3 Å². The Morgan fingerprint density at radius 3 is 2.36 bits per heavy atom. The molecule has 0 amide bonds. The third kappa shape index (κ3) is 4.62. The van der Waals surface area contributed by atoms with Crippen LogP contribution in [0.2, 0.25) is 0 Å². The van der Waals surface area contributed by atoms with Crippen molar-refractivity contribution in [3.8, 4) is 11.3 Å². The largest absolute Gasteiger partial charge is 0.317 e. The molecule has 0 spiro atoms. The van der Waals surface area contributed by atoms with E-state index in [0.717, 1.165) is 49.4 Å². The summed E-state index contributed by atoms with van der Waals surface area (Å²) >= 11 is 0. The quantitative estimate of drug-likeness (QED) is 0.875. The third-order valence-electron chi connectivity index (χ3n) is 4.63. The fourth-order valence-corrected chi connectivity index (χ4v) is 3.72. The summed E-state index contributed by atoms with van der Waals surface area (Å²) < 4.78 is 23.0. The van der Waals surface area contributed by atoms with Crippen LogP contribution in [-0.2, 0) is 16.4 Å². The van der Waals surface area contributed by atoms with Crippen molar-refractivity contribution in [3.63, 3.8) is 0 Å². The summed E-state index contributed by atoms with van der Waals surface area (Å²) in [6, 6.07) is 7.32. The Hall–Kier alpha value is -1.83. The molecule has 0 unspecified atom stereocenters. The fraction of sp³-hybridized carbons (Fsp3) is 0.444. The van der Waals surface area contributed by atoms with E-state index in [0.29, 0.717) is 10.9 Å². The van der Waals surface area contributed by atoms with Crippen LogP contribution in [-0.4, -0.2) is 55.7 Å². The zero-order chi connectivity index (χ0) is 17.9. The zero-order valence-electron chi connectivity index (χ0n) is 14.6. The molecule has 2 heterocycles. The fourth-order valence-electron chi connectivity index (χ4n) is 3.09. The van der Waals surface area contributed by atoms with Gasteiger partial charge in [-0.25, -0.2) is 8.42 Å². The molecule has 6 nitrogen and oxygen atoms in total. The van der Waals surface area contributed by atoms with E-state index in [1.165, 1.54) is 6.26 Å². The monoisotopic (exact) mass is 360 g/mol. The number of hydrogen-bond donors (Lipinski definition) is 1. The van der Waals surface area contributed by atoms with E-state index < -0.39 is 9.84 Å². The van der Waals surface area contributed by atoms with Gasteiger partial charge in [-0.1, -0.05) is 12.1 Å². The molecule has 1 aliphatic rings. The number of piperidine rings is 1. The molecule has 0 radical (unpaired) electrons. The topological polar surface area (TPSA) is 75.2 Å². The molecular formula is C18H24N4O2S. The van der Waals surface area contributed by atoms with Crippen molar-refractivity contribution >= 4 is 9.84 Å². The summed E-state index contributed by atoms with van der Waals surface area (Å²) in [6.45, 7) is 2.93. The third-order valence-corrected chi connectivity index (χ3v) is 5.76. The highest BCUT2D eigenvalue weighted by molar-refractivity contribution is 7.90. The summed E-state index contributed by atoms with van der Waals surface area (Å²) in [5.74, 6) is 0. The highest BCUT2D eigenvalue weighted by atomic mass is 32.2. The van der Waals surface area contributed by atoms with E-state index >= 15 is 0 Å². The van der Waals surface area contributed by atoms with Gasteiger partial charge in [-0.15, -0.1) is 0 Å². The van der Waals surface area contributed by atoms with Gasteiger partial charge in [-0.2, -0.15) is 0 Å². The standard InChI is InChI=1S/C18H24N4O2S/c1-22(16-7-9-19-10-8-16)13-15-11-21-18(12-20-15)14-3-5-17(6-4-14)25(2,23)24/h3-6,11-12,16,19H,7-10,13H2,1-2H3. The van der Waals surface area contributed by atoms with Crippen LogP contribution in [0.25, 0.3) is 11.3 Å². The summed E-state index contributed by atoms with van der Waals surface area (Å²) in [4.78, 5) is 11.7. The van der Waals surface area contributed by atoms with E-state index in [9.17, 15) is 8.42 Å². The average molecular weight is 360 g/mol. The van der Waals surface area contributed by atoms with Crippen LogP contribution < -0.4 is 5.32 Å². The smallest absolute Gasteiger partial charge is 0.175 e. The lowest BCUT2D eigenvalue weighted by atomic mass is 10.1. The van der Waals surface area contributed by atoms with Gasteiger partial charge in [0.25, 0.3) is 0 Å². The Morgan fingerprint density at radius 2 is 1.80 bits per heavy atom. The predicted molar refractivity (Wildman–Crippen MR) is 97.9 cm³/mol. The molecule has 134 valence electrons. The van der Waals surface area contributed by atoms with Gasteiger partial charge in [0, 0.05) is 24.4 Å². The van der Waals surface area contributed by atoms with Crippen molar-refractivity contribution in [1.82, 2.24) is 20.2 Å². The maximum absolute atomic E-state index is 11.5. The lowest BCUT2D eigenvalue weighted by Gasteiger charge is -2.31. The molecule has 0 bridgehead atoms. The van der Waals surface area contributed by atoms with Gasteiger partial charge in [0.15, 0.2) is 9.84 Å². The van der Waals surface area contributed by atoms with Gasteiger partial charge in [0.05, 0.1) is 28.7 Å². The van der Waals surface area contributed by atoms with Crippen molar-refractivity contribution < 1.29 is 8.42 Å². The van der Waals surface area contributed by atoms with E-state index in [1.807, 2.05) is 0 Å². The number of rotatable bonds is 5. The molecule has 0 aliphatic carbocycles. The first-order valence-corrected chi connectivity index (χ1v) is 10.3. The summed E-state index contributed by atoms with van der Waals surface area (Å²) in [5, 5.41) is 3.38. The Labute approximate surface area is 149 Å². The molecule has 25 heavy (non-hydrogen) atoms. The lowest BCUT2D eigenvalue weighted by molar-refractivity contribution is 0.189. The van der Waals surface area contributed by atoms with E-state index in [2.05, 4.69) is 27.2 Å². The molecule has 2 aromatic rings. The minimum absolute atomic E-state index is 0.310. The molecule has 1 N–H and O–H groups in total. The molecule has 1 saturated heterocycles. The van der Waals surface area contributed by atoms with Gasteiger partial charge in [0.2, 0.25) is 0 Å². The van der Waals surface area contributed by atoms with Crippen LogP contribution in [0.4, 0.5) is 0 Å². The van der Waals surface area contributed by atoms with Crippen molar-refractivity contribution in [2.24, 2.45) is 0 Å². The molecule has 1 aliphatic heterocycles. The number of nitrogens with one attached hydrogen (secondary N) is 1. The minimum atomic E-state index is -3.18. The first-order chi connectivity index (χ1) is 11.9. The Morgan fingerprint density at radius 1 is 1.12 bits per heavy atom. The van der Waals surface area contributed by atoms with Gasteiger partial charge in [0.1, 0.15) is 0 Å². The second-order valence-corrected chi connectivity index (χ2v) is 8.60. The highest BCUT2D eigenvalue weighted by Crippen LogP contribution is 2.19. The normalized spacial score (nSPS) is 16.3. The zero-order valence-corrected chi connectivity index (χ0v) is 15.5. The maximum Gasteiger partial charge on any atom is 0.175 e. The van der Waals surface area contributed by atoms with Crippen LogP contribution in [0.3, 0.4) is 0 Å². The van der Waals surface area contributed by atoms with Crippen molar-refractivity contribution in [1.29, 1.82) is 0 Å². The number of benzene rings is 1. The molecular weight excluding hydrogens is 336 g/mol. The van der Waals surface area contributed by atoms with Crippen LogP contribution in [0.5, 0.6) is 0 Å². The Kier molecular flexibility index (Phi) is 5.46. The van der Waals surface area contributed by atoms with Gasteiger partial charge < -0.3 is 5.32 Å². The summed E-state index contributed by atoms with van der Waals surface area (Å²) in [5.41, 5.74) is 2.55. The van der Waals surface area contributed by atoms with Crippen LogP contribution in [0.1, 0.15) is 18.5 Å². The Bertz CT molecular complexity index is 798. The molecule has 0 atom stereocenters. The maximum atomic E-state index is 11.5. The van der Waals surface area contributed by atoms with E-state index in [4.69, 9.17) is 0 Å². The Balaban J connectivity index is 1.67. The number of nitrogens with zero attached hydrogens (tertiary/aromatic N) is 3. The van der Waals surface area contributed by atoms with Crippen molar-refractivity contribution in [3.05, 3.63) is 42.4 Å². The molecule has 1 fully saturated rings. The van der Waals surface area contributed by atoms with Gasteiger partial charge in [-0.05, 0) is 45.1 Å². The van der Waals surface area contributed by atoms with Crippen LogP contribution >= 0.6 is 0 Å². The average Bonchev–Trinajstić information content (AvgIpc) is 2.62. The lowest BCUT2D eigenvalue weighted by Crippen LogP contribution is -2.40.